The zero-order valence-electron chi connectivity index (χ0n) is 13.5. The molecule has 0 unspecified atom stereocenters. The summed E-state index contributed by atoms with van der Waals surface area (Å²) in [6, 6.07) is -0.378. The summed E-state index contributed by atoms with van der Waals surface area (Å²) < 4.78 is 0. The van der Waals surface area contributed by atoms with Gasteiger partial charge in [0.2, 0.25) is 11.8 Å². The highest BCUT2D eigenvalue weighted by Crippen LogP contribution is 2.41. The monoisotopic (exact) mass is 333 g/mol. The van der Waals surface area contributed by atoms with Gasteiger partial charge in [0.15, 0.2) is 0 Å². The van der Waals surface area contributed by atoms with Crippen molar-refractivity contribution in [2.24, 2.45) is 5.92 Å². The number of nitrogens with one attached hydrogen (secondary N) is 1. The highest BCUT2D eigenvalue weighted by molar-refractivity contribution is 7.09. The van der Waals surface area contributed by atoms with Gasteiger partial charge in [-0.25, -0.2) is 4.98 Å². The number of carbonyl (C=O) groups excluding carboxylic acids is 2. The minimum atomic E-state index is -0.285. The Kier molecular flexibility index (Phi) is 3.87. The van der Waals surface area contributed by atoms with E-state index in [0.29, 0.717) is 5.92 Å². The van der Waals surface area contributed by atoms with E-state index in [2.05, 4.69) is 15.7 Å². The van der Waals surface area contributed by atoms with Gasteiger partial charge in [0, 0.05) is 23.8 Å². The molecule has 0 aromatic carbocycles. The van der Waals surface area contributed by atoms with Gasteiger partial charge < -0.3 is 10.2 Å². The third-order valence-corrected chi connectivity index (χ3v) is 6.06. The first kappa shape index (κ1) is 15.1. The molecule has 2 aliphatic carbocycles. The Morgan fingerprint density at radius 2 is 2.09 bits per heavy atom. The van der Waals surface area contributed by atoms with Gasteiger partial charge in [-0.15, -0.1) is 11.3 Å². The highest BCUT2D eigenvalue weighted by Gasteiger charge is 2.41. The van der Waals surface area contributed by atoms with Crippen LogP contribution in [-0.4, -0.2) is 34.3 Å². The molecular weight excluding hydrogens is 310 g/mol. The lowest BCUT2D eigenvalue weighted by molar-refractivity contribution is -0.139. The van der Waals surface area contributed by atoms with Gasteiger partial charge in [-0.2, -0.15) is 0 Å². The second-order valence-electron chi connectivity index (χ2n) is 7.08. The fourth-order valence-corrected chi connectivity index (χ4v) is 4.35. The van der Waals surface area contributed by atoms with Crippen LogP contribution in [0.5, 0.6) is 0 Å². The minimum absolute atomic E-state index is 0.0232. The summed E-state index contributed by atoms with van der Waals surface area (Å²) in [6.45, 7) is 2.70. The molecule has 2 amide bonds. The molecule has 2 atom stereocenters. The van der Waals surface area contributed by atoms with Gasteiger partial charge in [-0.05, 0) is 45.4 Å². The Morgan fingerprint density at radius 1 is 1.30 bits per heavy atom. The van der Waals surface area contributed by atoms with E-state index < -0.39 is 0 Å². The maximum Gasteiger partial charge on any atom is 0.243 e. The Hall–Kier alpha value is -1.43. The predicted molar refractivity (Wildman–Crippen MR) is 88.1 cm³/mol. The lowest BCUT2D eigenvalue weighted by Crippen LogP contribution is -2.47. The van der Waals surface area contributed by atoms with E-state index in [-0.39, 0.29) is 29.8 Å². The van der Waals surface area contributed by atoms with Crippen molar-refractivity contribution in [1.29, 1.82) is 0 Å². The zero-order valence-corrected chi connectivity index (χ0v) is 14.3. The lowest BCUT2D eigenvalue weighted by Gasteiger charge is -2.25. The summed E-state index contributed by atoms with van der Waals surface area (Å²) in [4.78, 5) is 31.4. The number of thiazole rings is 1. The molecule has 4 rings (SSSR count). The molecule has 1 aromatic rings. The Bertz CT molecular complexity index is 621. The molecule has 1 N–H and O–H groups in total. The first-order chi connectivity index (χ1) is 11.1. The van der Waals surface area contributed by atoms with E-state index in [4.69, 9.17) is 0 Å². The third-order valence-electron chi connectivity index (χ3n) is 5.03. The standard InChI is InChI=1S/C17H23N3O2S/c1-10(13-9-23-16(19-13)11-4-5-11)18-15(21)14-3-2-8-20(14)17(22)12-6-7-12/h9-12,14H,2-8H2,1H3,(H,18,21)/t10-,14-/m0/s1. The highest BCUT2D eigenvalue weighted by atomic mass is 32.1. The molecule has 0 radical (unpaired) electrons. The first-order valence-electron chi connectivity index (χ1n) is 8.69. The summed E-state index contributed by atoms with van der Waals surface area (Å²) >= 11 is 1.70. The molecule has 124 valence electrons. The smallest absolute Gasteiger partial charge is 0.243 e. The van der Waals surface area contributed by atoms with Gasteiger partial charge in [0.25, 0.3) is 0 Å². The lowest BCUT2D eigenvalue weighted by atomic mass is 10.1. The van der Waals surface area contributed by atoms with Crippen LogP contribution in [0.25, 0.3) is 0 Å². The van der Waals surface area contributed by atoms with E-state index in [1.165, 1.54) is 17.8 Å². The largest absolute Gasteiger partial charge is 0.346 e. The van der Waals surface area contributed by atoms with Crippen molar-refractivity contribution in [2.75, 3.05) is 6.54 Å². The molecule has 23 heavy (non-hydrogen) atoms. The first-order valence-corrected chi connectivity index (χ1v) is 9.57. The Balaban J connectivity index is 1.38. The number of carbonyl (C=O) groups is 2. The number of nitrogens with zero attached hydrogens (tertiary/aromatic N) is 2. The van der Waals surface area contributed by atoms with E-state index in [0.717, 1.165) is 37.9 Å². The molecule has 6 heteroatoms. The molecular formula is C17H23N3O2S. The molecule has 2 heterocycles. The number of likely N-dealkylation sites (tertiary alicyclic amines) is 1. The molecule has 0 spiro atoms. The van der Waals surface area contributed by atoms with Crippen molar-refractivity contribution in [2.45, 2.75) is 63.5 Å². The fourth-order valence-electron chi connectivity index (χ4n) is 3.27. The Morgan fingerprint density at radius 3 is 2.78 bits per heavy atom. The quantitative estimate of drug-likeness (QED) is 0.901. The van der Waals surface area contributed by atoms with E-state index >= 15 is 0 Å². The van der Waals surface area contributed by atoms with Crippen LogP contribution in [0.3, 0.4) is 0 Å². The number of aromatic nitrogens is 1. The Labute approximate surface area is 140 Å². The van der Waals surface area contributed by atoms with Crippen molar-refractivity contribution in [3.05, 3.63) is 16.1 Å². The van der Waals surface area contributed by atoms with Crippen molar-refractivity contribution in [3.8, 4) is 0 Å². The van der Waals surface area contributed by atoms with Gasteiger partial charge in [0.05, 0.1) is 16.7 Å². The fraction of sp³-hybridized carbons (Fsp3) is 0.706. The van der Waals surface area contributed by atoms with E-state index in [1.54, 1.807) is 16.2 Å². The zero-order chi connectivity index (χ0) is 16.0. The van der Waals surface area contributed by atoms with Gasteiger partial charge in [-0.3, -0.25) is 9.59 Å². The number of amides is 2. The minimum Gasteiger partial charge on any atom is -0.346 e. The van der Waals surface area contributed by atoms with Crippen LogP contribution in [0.1, 0.15) is 68.1 Å². The molecule has 1 aliphatic heterocycles. The second kappa shape index (κ2) is 5.89. The summed E-state index contributed by atoms with van der Waals surface area (Å²) in [7, 11) is 0. The summed E-state index contributed by atoms with van der Waals surface area (Å²) in [5.41, 5.74) is 0.948. The molecule has 1 aromatic heterocycles. The molecule has 3 fully saturated rings. The molecule has 2 saturated carbocycles. The van der Waals surface area contributed by atoms with Gasteiger partial charge in [-0.1, -0.05) is 0 Å². The van der Waals surface area contributed by atoms with Crippen LogP contribution in [0.2, 0.25) is 0 Å². The molecule has 0 bridgehead atoms. The summed E-state index contributed by atoms with van der Waals surface area (Å²) in [6.07, 6.45) is 6.17. The van der Waals surface area contributed by atoms with Crippen molar-refractivity contribution in [1.82, 2.24) is 15.2 Å². The van der Waals surface area contributed by atoms with Crippen LogP contribution < -0.4 is 5.32 Å². The third kappa shape index (κ3) is 3.13. The average Bonchev–Trinajstić information content (AvgIpc) is 3.46. The molecule has 1 saturated heterocycles. The maximum atomic E-state index is 12.6. The number of rotatable bonds is 5. The number of hydrogen-bond donors (Lipinski definition) is 1. The SMILES string of the molecule is C[C@H](NC(=O)[C@@H]1CCCN1C(=O)C1CC1)c1csc(C2CC2)n1. The van der Waals surface area contributed by atoms with Crippen molar-refractivity contribution in [3.63, 3.8) is 0 Å². The average molecular weight is 333 g/mol. The predicted octanol–water partition coefficient (Wildman–Crippen LogP) is 2.60. The molecule has 3 aliphatic rings. The number of hydrogen-bond acceptors (Lipinski definition) is 4. The summed E-state index contributed by atoms with van der Waals surface area (Å²) in [5.74, 6) is 0.989. The normalized spacial score (nSPS) is 25.4. The summed E-state index contributed by atoms with van der Waals surface area (Å²) in [5, 5.41) is 6.32. The van der Waals surface area contributed by atoms with Gasteiger partial charge >= 0.3 is 0 Å². The van der Waals surface area contributed by atoms with Crippen LogP contribution >= 0.6 is 11.3 Å². The van der Waals surface area contributed by atoms with Crippen LogP contribution in [-0.2, 0) is 9.59 Å². The second-order valence-corrected chi connectivity index (χ2v) is 7.97. The van der Waals surface area contributed by atoms with Gasteiger partial charge in [0.1, 0.15) is 6.04 Å². The van der Waals surface area contributed by atoms with Crippen LogP contribution in [0.4, 0.5) is 0 Å². The van der Waals surface area contributed by atoms with E-state index in [1.807, 2.05) is 6.92 Å². The topological polar surface area (TPSA) is 62.3 Å². The van der Waals surface area contributed by atoms with Crippen LogP contribution in [0.15, 0.2) is 5.38 Å². The van der Waals surface area contributed by atoms with Crippen molar-refractivity contribution < 1.29 is 9.59 Å². The van der Waals surface area contributed by atoms with Crippen molar-refractivity contribution >= 4 is 23.2 Å². The molecule has 5 nitrogen and oxygen atoms in total. The van der Waals surface area contributed by atoms with Crippen LogP contribution in [0, 0.1) is 5.92 Å². The maximum absolute atomic E-state index is 12.6. The van der Waals surface area contributed by atoms with E-state index in [9.17, 15) is 9.59 Å².